The maximum absolute atomic E-state index is 13.0. The molecule has 0 aromatic rings. The highest BCUT2D eigenvalue weighted by atomic mass is 16.8. The number of hydrogen-bond donors (Lipinski definition) is 27. The summed E-state index contributed by atoms with van der Waals surface area (Å²) in [7, 11) is 0. The lowest BCUT2D eigenvalue weighted by Gasteiger charge is -2.51. The van der Waals surface area contributed by atoms with Crippen molar-refractivity contribution in [1.29, 1.82) is 0 Å². The Morgan fingerprint density at radius 1 is 0.243 bits per heavy atom. The molecule has 0 bridgehead atoms. The van der Waals surface area contributed by atoms with Gasteiger partial charge in [0.1, 0.15) is 207 Å². The molecule has 19 unspecified atom stereocenters. The number of carbonyl (C=O) groups is 4. The molecule has 9 heterocycles. The van der Waals surface area contributed by atoms with Crippen LogP contribution in [0.1, 0.15) is 41.5 Å². The molecule has 642 valence electrons. The fourth-order valence-electron chi connectivity index (χ4n) is 14.6. The van der Waals surface area contributed by atoms with Crippen molar-refractivity contribution in [1.82, 2.24) is 21.3 Å². The summed E-state index contributed by atoms with van der Waals surface area (Å²) in [6.45, 7) is -1.73. The fraction of sp³-hybridized carbons (Fsp3) is 0.937. The van der Waals surface area contributed by atoms with Crippen molar-refractivity contribution in [2.75, 3.05) is 52.9 Å². The number of carbonyl (C=O) groups excluding carboxylic acids is 4. The summed E-state index contributed by atoms with van der Waals surface area (Å²) >= 11 is 0. The van der Waals surface area contributed by atoms with Crippen molar-refractivity contribution in [3.8, 4) is 0 Å². The molecular weight excluding hydrogens is 1520 g/mol. The zero-order valence-electron chi connectivity index (χ0n) is 60.5. The van der Waals surface area contributed by atoms with Gasteiger partial charge in [-0.2, -0.15) is 0 Å². The first-order chi connectivity index (χ1) is 52.5. The first-order valence-electron chi connectivity index (χ1n) is 35.8. The van der Waals surface area contributed by atoms with Crippen LogP contribution in [0.25, 0.3) is 0 Å². The second-order valence-electron chi connectivity index (χ2n) is 28.5. The van der Waals surface area contributed by atoms with Gasteiger partial charge in [-0.1, -0.05) is 0 Å². The van der Waals surface area contributed by atoms with E-state index >= 15 is 0 Å². The van der Waals surface area contributed by atoms with Crippen molar-refractivity contribution in [3.63, 3.8) is 0 Å². The zero-order chi connectivity index (χ0) is 81.8. The van der Waals surface area contributed by atoms with Crippen LogP contribution >= 0.6 is 0 Å². The second kappa shape index (κ2) is 39.7. The summed E-state index contributed by atoms with van der Waals surface area (Å²) in [5, 5.41) is 267. The Morgan fingerprint density at radius 2 is 0.523 bits per heavy atom. The van der Waals surface area contributed by atoms with E-state index in [1.54, 1.807) is 0 Å². The van der Waals surface area contributed by atoms with Gasteiger partial charge in [-0.15, -0.1) is 0 Å². The maximum Gasteiger partial charge on any atom is 0.217 e. The molecule has 9 aliphatic heterocycles. The average molecular weight is 1620 g/mol. The van der Waals surface area contributed by atoms with E-state index in [0.29, 0.717) is 0 Å². The van der Waals surface area contributed by atoms with E-state index in [1.165, 1.54) is 13.8 Å². The molecule has 48 nitrogen and oxygen atoms in total. The van der Waals surface area contributed by atoms with E-state index in [9.17, 15) is 137 Å². The van der Waals surface area contributed by atoms with Crippen LogP contribution in [-0.2, 0) is 99.7 Å². The molecule has 9 aliphatic rings. The van der Waals surface area contributed by atoms with Gasteiger partial charge in [0.15, 0.2) is 50.3 Å². The number of ether oxygens (including phenoxy) is 17. The lowest BCUT2D eigenvalue weighted by atomic mass is 9.92. The number of hydrogen-bond acceptors (Lipinski definition) is 44. The Hall–Kier alpha value is -3.72. The van der Waals surface area contributed by atoms with Crippen molar-refractivity contribution in [2.24, 2.45) is 0 Å². The van der Waals surface area contributed by atoms with Crippen LogP contribution in [-0.4, -0.2) is 470 Å². The van der Waals surface area contributed by atoms with Gasteiger partial charge < -0.3 is 219 Å². The largest absolute Gasteiger partial charge is 0.394 e. The summed E-state index contributed by atoms with van der Waals surface area (Å²) in [6.07, 6.45) is -81.2. The van der Waals surface area contributed by atoms with Gasteiger partial charge in [0.25, 0.3) is 0 Å². The Kier molecular flexibility index (Phi) is 32.6. The molecule has 9 rings (SSSR count). The molecule has 0 aromatic carbocycles. The molecule has 0 aliphatic carbocycles. The lowest BCUT2D eigenvalue weighted by molar-refractivity contribution is -0.398. The summed E-state index contributed by atoms with van der Waals surface area (Å²) in [5.74, 6) is -3.35. The van der Waals surface area contributed by atoms with Crippen LogP contribution < -0.4 is 21.3 Å². The Balaban J connectivity index is 1.05. The van der Waals surface area contributed by atoms with Crippen LogP contribution in [0.3, 0.4) is 0 Å². The second-order valence-corrected chi connectivity index (χ2v) is 28.5. The fourth-order valence-corrected chi connectivity index (χ4v) is 14.6. The monoisotopic (exact) mass is 1620 g/mol. The van der Waals surface area contributed by atoms with Gasteiger partial charge in [-0.05, 0) is 13.8 Å². The summed E-state index contributed by atoms with van der Waals surface area (Å²) < 4.78 is 102. The van der Waals surface area contributed by atoms with Gasteiger partial charge in [-0.3, -0.25) is 19.2 Å². The van der Waals surface area contributed by atoms with E-state index in [1.807, 2.05) is 0 Å². The first-order valence-corrected chi connectivity index (χ1v) is 35.8. The quantitative estimate of drug-likeness (QED) is 0.0346. The minimum Gasteiger partial charge on any atom is -0.394 e. The zero-order valence-corrected chi connectivity index (χ0v) is 60.5. The highest BCUT2D eigenvalue weighted by Crippen LogP contribution is 2.40. The lowest BCUT2D eigenvalue weighted by Crippen LogP contribution is -2.71. The van der Waals surface area contributed by atoms with Crippen LogP contribution in [0, 0.1) is 0 Å². The van der Waals surface area contributed by atoms with Crippen LogP contribution in [0.15, 0.2) is 0 Å². The average Bonchev–Trinajstić information content (AvgIpc) is 0.771. The van der Waals surface area contributed by atoms with Gasteiger partial charge >= 0.3 is 0 Å². The van der Waals surface area contributed by atoms with Gasteiger partial charge in [-0.25, -0.2) is 0 Å². The van der Waals surface area contributed by atoms with Crippen LogP contribution in [0.4, 0.5) is 0 Å². The number of aliphatic hydroxyl groups is 23. The van der Waals surface area contributed by atoms with Crippen LogP contribution in [0.5, 0.6) is 0 Å². The number of aliphatic hydroxyl groups excluding tert-OH is 23. The predicted molar refractivity (Wildman–Crippen MR) is 345 cm³/mol. The van der Waals surface area contributed by atoms with Crippen LogP contribution in [0.2, 0.25) is 0 Å². The number of amides is 4. The van der Waals surface area contributed by atoms with Gasteiger partial charge in [0, 0.05) is 27.7 Å². The normalized spacial score (nSPS) is 49.3. The summed E-state index contributed by atoms with van der Waals surface area (Å²) in [4.78, 5) is 51.1. The van der Waals surface area contributed by atoms with Crippen molar-refractivity contribution >= 4 is 23.6 Å². The van der Waals surface area contributed by atoms with E-state index in [0.717, 1.165) is 27.7 Å². The molecule has 45 atom stereocenters. The third-order valence-electron chi connectivity index (χ3n) is 20.6. The first kappa shape index (κ1) is 91.2. The van der Waals surface area contributed by atoms with Crippen molar-refractivity contribution < 1.29 is 217 Å². The number of rotatable bonds is 28. The van der Waals surface area contributed by atoms with E-state index < -0.39 is 352 Å². The van der Waals surface area contributed by atoms with Gasteiger partial charge in [0.05, 0.1) is 71.1 Å². The third kappa shape index (κ3) is 20.2. The Labute approximate surface area is 630 Å². The molecule has 0 radical (unpaired) electrons. The van der Waals surface area contributed by atoms with E-state index in [4.69, 9.17) is 80.5 Å². The molecule has 111 heavy (non-hydrogen) atoms. The highest BCUT2D eigenvalue weighted by molar-refractivity contribution is 5.74. The smallest absolute Gasteiger partial charge is 0.217 e. The summed E-state index contributed by atoms with van der Waals surface area (Å²) in [5.41, 5.74) is 0. The molecule has 0 aromatic heterocycles. The molecular formula is C63H106N4O44. The Bertz CT molecular complexity index is 2950. The molecule has 48 heteroatoms. The minimum atomic E-state index is -2.54. The van der Waals surface area contributed by atoms with Gasteiger partial charge in [0.2, 0.25) is 23.6 Å². The maximum atomic E-state index is 13.0. The van der Waals surface area contributed by atoms with Crippen molar-refractivity contribution in [2.45, 2.75) is 317 Å². The third-order valence-corrected chi connectivity index (χ3v) is 20.6. The molecule has 27 N–H and O–H groups in total. The van der Waals surface area contributed by atoms with Crippen molar-refractivity contribution in [3.05, 3.63) is 0 Å². The molecule has 9 saturated heterocycles. The molecule has 9 fully saturated rings. The molecule has 0 saturated carbocycles. The number of nitrogens with one attached hydrogen (secondary N) is 4. The predicted octanol–water partition coefficient (Wildman–Crippen LogP) is -18.0. The van der Waals surface area contributed by atoms with E-state index in [-0.39, 0.29) is 0 Å². The standard InChI is InChI=1S/C63H106N4O44/c1-15-29(64-17(3)75)38(84)49(24(10-71)96-15)105-56-30(65-18(4)76)39(85)52(27(13-74)101-56)108-61-48(94)53(109-63-55(45(91)36(82)23(9-70)100-63)111-58-32(67-20(6)78)40(86)50(25(11-72)103-58)106-59-46(92)42(88)33(79)16(2)97-59)37(83)28(104-61)14-95-62-54(44(90)35(81)22(8-69)99-62)110-57-31(66-19(5)77)41(87)51(26(12-73)102-57)107-60-47(93)43(89)34(80)21(7-68)98-60/h15-16,21-63,68-74,79-94H,7-14H2,1-6H3,(H,64,75)(H,65,76)(H,66,77)(H,67,78)/t15-,16?,21?,22?,23?,24?,25?,26-,27?,28?,29?,30?,31?,32?,33-,34-,35+,36+,37+,38+,39+,40+,41?,42-,43?,44-,45?,46?,47-,48?,49+,50+,51+,52+,53-,54?,55?,56-,57-,58-,59-,60-,61-,62-,63+/m0/s1. The van der Waals surface area contributed by atoms with E-state index in [2.05, 4.69) is 21.3 Å². The Morgan fingerprint density at radius 3 is 0.919 bits per heavy atom. The minimum absolute atomic E-state index is 0.623. The SMILES string of the molecule is CC(=O)NC1C(O)[C@H](O[C@@H]2OC(CO)[C@H](O)C(O)[C@@H]2O)[C@H](CO)O[C@H]1OC1[C@@H](OCC2O[C@@H](O[C@@H]3C(CO)O[C@@H](O[C@@H]4C(CO)O[C@@H](C)C(NC(C)=O)[C@H]4O)C(NC(C)=O)[C@H]3O)C(O)[C@@H](O[C@H]3OC(CO)[C@@H](O)C(O)C3O[C@@H]3OC(CO)[C@@H](O[C@@H]4OC(C)[C@H](O)[C@H](O)C4O)[C@H](O)C3NC(C)=O)[C@@H]2O)OC(CO)[C@@H](O)[C@@H]1O. The topological polar surface area (TPSA) is 739 Å². The molecule has 0 spiro atoms. The highest BCUT2D eigenvalue weighted by Gasteiger charge is 2.61. The molecule has 4 amide bonds. The summed E-state index contributed by atoms with van der Waals surface area (Å²) in [6, 6.07) is -6.83.